The number of hydrogen-bond donors (Lipinski definition) is 1. The van der Waals surface area contributed by atoms with Gasteiger partial charge in [0.25, 0.3) is 11.5 Å². The summed E-state index contributed by atoms with van der Waals surface area (Å²) in [7, 11) is 0. The van der Waals surface area contributed by atoms with E-state index in [-0.39, 0.29) is 11.5 Å². The molecule has 2 aromatic heterocycles. The van der Waals surface area contributed by atoms with E-state index in [9.17, 15) is 9.59 Å². The number of halogens is 1. The van der Waals surface area contributed by atoms with Crippen molar-refractivity contribution in [3.63, 3.8) is 0 Å². The highest BCUT2D eigenvalue weighted by Gasteiger charge is 2.12. The van der Waals surface area contributed by atoms with Crippen LogP contribution in [-0.4, -0.2) is 10.5 Å². The van der Waals surface area contributed by atoms with Gasteiger partial charge in [0.15, 0.2) is 0 Å². The summed E-state index contributed by atoms with van der Waals surface area (Å²) in [5.41, 5.74) is 1.32. The maximum absolute atomic E-state index is 12.2. The van der Waals surface area contributed by atoms with Crippen LogP contribution in [0.25, 0.3) is 6.08 Å². The van der Waals surface area contributed by atoms with Crippen LogP contribution < -0.4 is 10.9 Å². The molecule has 0 fully saturated rings. The van der Waals surface area contributed by atoms with Gasteiger partial charge in [0, 0.05) is 24.4 Å². The van der Waals surface area contributed by atoms with Crippen LogP contribution in [0.15, 0.2) is 35.3 Å². The third kappa shape index (κ3) is 3.62. The molecule has 0 aliphatic carbocycles. The highest BCUT2D eigenvalue weighted by atomic mass is 35.5. The molecule has 0 aliphatic rings. The van der Waals surface area contributed by atoms with Gasteiger partial charge in [0.05, 0.1) is 10.6 Å². The van der Waals surface area contributed by atoms with E-state index in [4.69, 9.17) is 11.6 Å². The second-order valence-electron chi connectivity index (χ2n) is 4.34. The quantitative estimate of drug-likeness (QED) is 0.929. The third-order valence-corrected chi connectivity index (χ3v) is 4.25. The molecule has 1 amide bonds. The Kier molecular flexibility index (Phi) is 4.98. The lowest BCUT2D eigenvalue weighted by atomic mass is 10.3. The van der Waals surface area contributed by atoms with Crippen LogP contribution in [0.5, 0.6) is 0 Å². The van der Waals surface area contributed by atoms with Gasteiger partial charge in [-0.25, -0.2) is 0 Å². The van der Waals surface area contributed by atoms with Crippen molar-refractivity contribution in [3.8, 4) is 0 Å². The molecule has 0 atom stereocenters. The predicted octanol–water partition coefficient (Wildman–Crippen LogP) is 3.87. The Morgan fingerprint density at radius 1 is 1.48 bits per heavy atom. The number of nitrogens with zero attached hydrogens (tertiary/aromatic N) is 1. The molecular formula is C15H15ClN2O2S. The Hall–Kier alpha value is -1.85. The Morgan fingerprint density at radius 3 is 2.90 bits per heavy atom. The fourth-order valence-electron chi connectivity index (χ4n) is 1.83. The first-order valence-electron chi connectivity index (χ1n) is 6.49. The smallest absolute Gasteiger partial charge is 0.265 e. The van der Waals surface area contributed by atoms with Crippen molar-refractivity contribution in [2.45, 2.75) is 20.4 Å². The standard InChI is InChI=1S/C15H15ClN2O2S/c1-3-5-10-8-12(21-14(10)16)15(20)17-11-6-7-13(19)18(4-2)9-11/h3,5-9H,4H2,1-2H3,(H,17,20)/b5-3+. The van der Waals surface area contributed by atoms with Crippen molar-refractivity contribution in [2.75, 3.05) is 5.32 Å². The van der Waals surface area contributed by atoms with Crippen LogP contribution in [-0.2, 0) is 6.54 Å². The van der Waals surface area contributed by atoms with Crippen molar-refractivity contribution < 1.29 is 4.79 Å². The molecule has 6 heteroatoms. The van der Waals surface area contributed by atoms with Gasteiger partial charge >= 0.3 is 0 Å². The zero-order valence-electron chi connectivity index (χ0n) is 11.7. The molecule has 1 N–H and O–H groups in total. The minimum atomic E-state index is -0.237. The molecule has 0 unspecified atom stereocenters. The molecule has 110 valence electrons. The van der Waals surface area contributed by atoms with Crippen molar-refractivity contribution in [1.29, 1.82) is 0 Å². The summed E-state index contributed by atoms with van der Waals surface area (Å²) in [5, 5.41) is 2.77. The summed E-state index contributed by atoms with van der Waals surface area (Å²) in [5.74, 6) is -0.237. The average Bonchev–Trinajstić information content (AvgIpc) is 2.83. The molecule has 0 saturated heterocycles. The number of rotatable bonds is 4. The Labute approximate surface area is 131 Å². The van der Waals surface area contributed by atoms with Crippen LogP contribution >= 0.6 is 22.9 Å². The molecule has 0 radical (unpaired) electrons. The van der Waals surface area contributed by atoms with E-state index in [2.05, 4.69) is 5.32 Å². The molecule has 0 aromatic carbocycles. The zero-order valence-corrected chi connectivity index (χ0v) is 13.3. The highest BCUT2D eigenvalue weighted by molar-refractivity contribution is 7.18. The summed E-state index contributed by atoms with van der Waals surface area (Å²) in [6.45, 7) is 4.32. The second-order valence-corrected chi connectivity index (χ2v) is 5.99. The summed E-state index contributed by atoms with van der Waals surface area (Å²) in [6.07, 6.45) is 5.35. The van der Waals surface area contributed by atoms with Crippen molar-refractivity contribution in [1.82, 2.24) is 4.57 Å². The number of hydrogen-bond acceptors (Lipinski definition) is 3. The molecule has 2 rings (SSSR count). The van der Waals surface area contributed by atoms with Gasteiger partial charge in [0.2, 0.25) is 0 Å². The minimum absolute atomic E-state index is 0.0926. The first-order chi connectivity index (χ1) is 10.0. The summed E-state index contributed by atoms with van der Waals surface area (Å²) in [6, 6.07) is 4.78. The van der Waals surface area contributed by atoms with Gasteiger partial charge in [-0.1, -0.05) is 23.8 Å². The Bertz CT molecular complexity index is 746. The molecule has 0 saturated carbocycles. The topological polar surface area (TPSA) is 51.1 Å². The van der Waals surface area contributed by atoms with Gasteiger partial charge in [0.1, 0.15) is 4.34 Å². The van der Waals surface area contributed by atoms with E-state index < -0.39 is 0 Å². The maximum Gasteiger partial charge on any atom is 0.265 e. The first-order valence-corrected chi connectivity index (χ1v) is 7.68. The number of aromatic nitrogens is 1. The molecule has 0 spiro atoms. The second kappa shape index (κ2) is 6.74. The maximum atomic E-state index is 12.2. The summed E-state index contributed by atoms with van der Waals surface area (Å²) < 4.78 is 2.11. The zero-order chi connectivity index (χ0) is 15.4. The number of carbonyl (C=O) groups excluding carboxylic acids is 1. The van der Waals surface area contributed by atoms with Crippen molar-refractivity contribution in [3.05, 3.63) is 55.6 Å². The van der Waals surface area contributed by atoms with E-state index in [1.165, 1.54) is 22.0 Å². The number of anilines is 1. The fraction of sp³-hybridized carbons (Fsp3) is 0.200. The average molecular weight is 323 g/mol. The highest BCUT2D eigenvalue weighted by Crippen LogP contribution is 2.29. The normalized spacial score (nSPS) is 11.0. The van der Waals surface area contributed by atoms with Gasteiger partial charge in [-0.3, -0.25) is 9.59 Å². The van der Waals surface area contributed by atoms with E-state index in [1.54, 1.807) is 18.3 Å². The van der Waals surface area contributed by atoms with E-state index in [1.807, 2.05) is 26.0 Å². The van der Waals surface area contributed by atoms with Crippen LogP contribution in [0, 0.1) is 0 Å². The molecule has 0 aliphatic heterocycles. The predicted molar refractivity (Wildman–Crippen MR) is 88.4 cm³/mol. The summed E-state index contributed by atoms with van der Waals surface area (Å²) in [4.78, 5) is 24.2. The van der Waals surface area contributed by atoms with Gasteiger partial charge in [-0.05, 0) is 26.0 Å². The number of carbonyl (C=O) groups is 1. The number of thiophene rings is 1. The lowest BCUT2D eigenvalue weighted by Crippen LogP contribution is -2.19. The lowest BCUT2D eigenvalue weighted by Gasteiger charge is -2.06. The Morgan fingerprint density at radius 2 is 2.24 bits per heavy atom. The van der Waals surface area contributed by atoms with E-state index >= 15 is 0 Å². The minimum Gasteiger partial charge on any atom is -0.320 e. The number of amides is 1. The van der Waals surface area contributed by atoms with Crippen molar-refractivity contribution in [2.24, 2.45) is 0 Å². The molecule has 4 nitrogen and oxygen atoms in total. The number of nitrogens with one attached hydrogen (secondary N) is 1. The van der Waals surface area contributed by atoms with Crippen LogP contribution in [0.4, 0.5) is 5.69 Å². The number of allylic oxidation sites excluding steroid dienone is 1. The first kappa shape index (κ1) is 15.5. The number of aryl methyl sites for hydroxylation is 1. The fourth-order valence-corrected chi connectivity index (χ4v) is 2.97. The lowest BCUT2D eigenvalue weighted by molar-refractivity contribution is 0.103. The largest absolute Gasteiger partial charge is 0.320 e. The van der Waals surface area contributed by atoms with Crippen LogP contribution in [0.1, 0.15) is 29.1 Å². The molecule has 2 aromatic rings. The Balaban J connectivity index is 2.21. The molecule has 2 heterocycles. The summed E-state index contributed by atoms with van der Waals surface area (Å²) >= 11 is 7.31. The molecule has 0 bridgehead atoms. The van der Waals surface area contributed by atoms with Gasteiger partial charge in [-0.2, -0.15) is 0 Å². The monoisotopic (exact) mass is 322 g/mol. The number of pyridine rings is 1. The van der Waals surface area contributed by atoms with E-state index in [0.717, 1.165) is 5.56 Å². The van der Waals surface area contributed by atoms with Crippen LogP contribution in [0.2, 0.25) is 4.34 Å². The van der Waals surface area contributed by atoms with Gasteiger partial charge < -0.3 is 9.88 Å². The molecule has 21 heavy (non-hydrogen) atoms. The van der Waals surface area contributed by atoms with Crippen LogP contribution in [0.3, 0.4) is 0 Å². The molecular weight excluding hydrogens is 308 g/mol. The third-order valence-electron chi connectivity index (χ3n) is 2.87. The van der Waals surface area contributed by atoms with Crippen molar-refractivity contribution >= 4 is 40.6 Å². The van der Waals surface area contributed by atoms with E-state index in [0.29, 0.717) is 21.4 Å². The van der Waals surface area contributed by atoms with Gasteiger partial charge in [-0.15, -0.1) is 11.3 Å². The SMILES string of the molecule is C/C=C/c1cc(C(=O)Nc2ccc(=O)n(CC)c2)sc1Cl.